The van der Waals surface area contributed by atoms with E-state index in [1.165, 1.54) is 12.1 Å². The van der Waals surface area contributed by atoms with Crippen molar-refractivity contribution in [1.29, 1.82) is 0 Å². The van der Waals surface area contributed by atoms with Crippen LogP contribution in [0, 0.1) is 12.7 Å². The quantitative estimate of drug-likeness (QED) is 0.946. The number of nitrogens with one attached hydrogen (secondary N) is 1. The number of benzene rings is 1. The molecule has 2 atom stereocenters. The van der Waals surface area contributed by atoms with Gasteiger partial charge >= 0.3 is 0 Å². The molecular formula is C17H22FN3O. The minimum atomic E-state index is -0.248. The Morgan fingerprint density at radius 1 is 1.41 bits per heavy atom. The van der Waals surface area contributed by atoms with Gasteiger partial charge in [0.15, 0.2) is 0 Å². The van der Waals surface area contributed by atoms with Gasteiger partial charge in [-0.3, -0.25) is 4.98 Å². The maximum atomic E-state index is 13.6. The number of ether oxygens (including phenoxy) is 1. The predicted molar refractivity (Wildman–Crippen MR) is 86.8 cm³/mol. The van der Waals surface area contributed by atoms with Crippen molar-refractivity contribution in [2.24, 2.45) is 0 Å². The van der Waals surface area contributed by atoms with Crippen molar-refractivity contribution in [1.82, 2.24) is 9.88 Å². The smallest absolute Gasteiger partial charge is 0.124 e. The summed E-state index contributed by atoms with van der Waals surface area (Å²) < 4.78 is 19.4. The predicted octanol–water partition coefficient (Wildman–Crippen LogP) is 2.81. The van der Waals surface area contributed by atoms with Crippen LogP contribution >= 0.6 is 0 Å². The highest BCUT2D eigenvalue weighted by Crippen LogP contribution is 2.25. The summed E-state index contributed by atoms with van der Waals surface area (Å²) in [6.07, 6.45) is 0.121. The second kappa shape index (κ2) is 6.18. The van der Waals surface area contributed by atoms with E-state index in [0.29, 0.717) is 0 Å². The number of aromatic nitrogens is 1. The molecule has 5 heteroatoms. The summed E-state index contributed by atoms with van der Waals surface area (Å²) in [5, 5.41) is 4.29. The maximum absolute atomic E-state index is 13.6. The third-order valence-electron chi connectivity index (χ3n) is 4.14. The summed E-state index contributed by atoms with van der Waals surface area (Å²) in [4.78, 5) is 6.73. The molecule has 2 unspecified atom stereocenters. The first-order chi connectivity index (χ1) is 10.5. The molecule has 0 saturated carbocycles. The molecule has 1 aromatic carbocycles. The number of pyridine rings is 1. The summed E-state index contributed by atoms with van der Waals surface area (Å²) in [5.41, 5.74) is 2.62. The number of fused-ring (bicyclic) bond motifs is 1. The lowest BCUT2D eigenvalue weighted by atomic mass is 10.1. The third kappa shape index (κ3) is 3.20. The van der Waals surface area contributed by atoms with E-state index in [4.69, 9.17) is 4.74 Å². The van der Waals surface area contributed by atoms with E-state index < -0.39 is 0 Å². The Morgan fingerprint density at radius 3 is 3.00 bits per heavy atom. The van der Waals surface area contributed by atoms with Gasteiger partial charge in [-0.05, 0) is 45.2 Å². The first-order valence-corrected chi connectivity index (χ1v) is 7.66. The summed E-state index contributed by atoms with van der Waals surface area (Å²) in [5.74, 6) is -0.248. The van der Waals surface area contributed by atoms with Gasteiger partial charge in [-0.15, -0.1) is 0 Å². The van der Waals surface area contributed by atoms with Crippen molar-refractivity contribution >= 4 is 16.6 Å². The van der Waals surface area contributed by atoms with E-state index in [0.717, 1.165) is 42.0 Å². The molecule has 0 spiro atoms. The van der Waals surface area contributed by atoms with Gasteiger partial charge in [-0.1, -0.05) is 0 Å². The zero-order valence-electron chi connectivity index (χ0n) is 13.3. The first kappa shape index (κ1) is 15.2. The molecule has 3 rings (SSSR count). The molecule has 0 bridgehead atoms. The van der Waals surface area contributed by atoms with Crippen molar-refractivity contribution in [3.8, 4) is 0 Å². The van der Waals surface area contributed by atoms with E-state index in [-0.39, 0.29) is 18.0 Å². The molecule has 118 valence electrons. The summed E-state index contributed by atoms with van der Waals surface area (Å²) in [6, 6.07) is 6.80. The highest BCUT2D eigenvalue weighted by molar-refractivity contribution is 5.91. The second-order valence-corrected chi connectivity index (χ2v) is 6.08. The maximum Gasteiger partial charge on any atom is 0.124 e. The number of nitrogens with zero attached hydrogens (tertiary/aromatic N) is 2. The third-order valence-corrected chi connectivity index (χ3v) is 4.14. The average Bonchev–Trinajstić information content (AvgIpc) is 2.48. The van der Waals surface area contributed by atoms with E-state index in [2.05, 4.69) is 29.2 Å². The van der Waals surface area contributed by atoms with Crippen LogP contribution in [0.1, 0.15) is 12.6 Å². The van der Waals surface area contributed by atoms with Crippen molar-refractivity contribution in [3.63, 3.8) is 0 Å². The van der Waals surface area contributed by atoms with Gasteiger partial charge in [0.1, 0.15) is 5.82 Å². The topological polar surface area (TPSA) is 37.4 Å². The van der Waals surface area contributed by atoms with Gasteiger partial charge in [0.05, 0.1) is 24.3 Å². The van der Waals surface area contributed by atoms with Crippen LogP contribution < -0.4 is 5.32 Å². The number of hydrogen-bond donors (Lipinski definition) is 1. The molecule has 22 heavy (non-hydrogen) atoms. The van der Waals surface area contributed by atoms with Crippen LogP contribution in [0.3, 0.4) is 0 Å². The van der Waals surface area contributed by atoms with Crippen molar-refractivity contribution < 1.29 is 9.13 Å². The number of halogens is 1. The number of aryl methyl sites for hydroxylation is 1. The standard InChI is InChI=1S/C17H22FN3O/c1-11-8-16(14-9-13(18)4-5-15(14)19-11)20-12(2)17-10-21(3)6-7-22-17/h4-5,8-9,12,17H,6-7,10H2,1-3H3,(H,19,20). The number of rotatable bonds is 3. The van der Waals surface area contributed by atoms with Gasteiger partial charge in [-0.2, -0.15) is 0 Å². The van der Waals surface area contributed by atoms with Crippen molar-refractivity contribution in [2.45, 2.75) is 26.0 Å². The molecule has 0 aliphatic carbocycles. The molecule has 2 aromatic rings. The lowest BCUT2D eigenvalue weighted by molar-refractivity contribution is -0.0259. The minimum absolute atomic E-state index is 0.121. The zero-order valence-corrected chi connectivity index (χ0v) is 13.3. The SMILES string of the molecule is Cc1cc(NC(C)C2CN(C)CCO2)c2cc(F)ccc2n1. The summed E-state index contributed by atoms with van der Waals surface area (Å²) in [6.45, 7) is 6.66. The molecule has 4 nitrogen and oxygen atoms in total. The van der Waals surface area contributed by atoms with E-state index in [9.17, 15) is 4.39 Å². The Kier molecular flexibility index (Phi) is 4.27. The fourth-order valence-corrected chi connectivity index (χ4v) is 2.90. The highest BCUT2D eigenvalue weighted by Gasteiger charge is 2.24. The Morgan fingerprint density at radius 2 is 2.23 bits per heavy atom. The van der Waals surface area contributed by atoms with E-state index >= 15 is 0 Å². The van der Waals surface area contributed by atoms with Gasteiger partial charge in [0, 0.05) is 29.9 Å². The van der Waals surface area contributed by atoms with E-state index in [1.807, 2.05) is 13.0 Å². The molecule has 0 amide bonds. The van der Waals surface area contributed by atoms with Crippen LogP contribution in [0.2, 0.25) is 0 Å². The number of likely N-dealkylation sites (N-methyl/N-ethyl adjacent to an activating group) is 1. The van der Waals surface area contributed by atoms with Gasteiger partial charge in [0.25, 0.3) is 0 Å². The van der Waals surface area contributed by atoms with E-state index in [1.54, 1.807) is 6.07 Å². The van der Waals surface area contributed by atoms with Crippen LogP contribution in [-0.2, 0) is 4.74 Å². The lowest BCUT2D eigenvalue weighted by Gasteiger charge is -2.34. The molecular weight excluding hydrogens is 281 g/mol. The van der Waals surface area contributed by atoms with Gasteiger partial charge in [0.2, 0.25) is 0 Å². The van der Waals surface area contributed by atoms with Crippen molar-refractivity contribution in [2.75, 3.05) is 32.1 Å². The molecule has 1 N–H and O–H groups in total. The van der Waals surface area contributed by atoms with Crippen LogP contribution in [0.25, 0.3) is 10.9 Å². The van der Waals surface area contributed by atoms with Gasteiger partial charge in [-0.25, -0.2) is 4.39 Å². The minimum Gasteiger partial charge on any atom is -0.379 e. The normalized spacial score (nSPS) is 21.0. The summed E-state index contributed by atoms with van der Waals surface area (Å²) in [7, 11) is 2.10. The molecule has 1 aliphatic heterocycles. The van der Waals surface area contributed by atoms with Crippen LogP contribution in [0.5, 0.6) is 0 Å². The molecule has 1 fully saturated rings. The molecule has 1 aliphatic rings. The largest absolute Gasteiger partial charge is 0.379 e. The fraction of sp³-hybridized carbons (Fsp3) is 0.471. The first-order valence-electron chi connectivity index (χ1n) is 7.66. The Balaban J connectivity index is 1.87. The Hall–Kier alpha value is -1.72. The van der Waals surface area contributed by atoms with Crippen LogP contribution in [0.15, 0.2) is 24.3 Å². The Labute approximate surface area is 130 Å². The molecule has 1 saturated heterocycles. The molecule has 0 radical (unpaired) electrons. The average molecular weight is 303 g/mol. The number of hydrogen-bond acceptors (Lipinski definition) is 4. The van der Waals surface area contributed by atoms with Crippen LogP contribution in [-0.4, -0.2) is 48.8 Å². The van der Waals surface area contributed by atoms with Crippen molar-refractivity contribution in [3.05, 3.63) is 35.8 Å². The van der Waals surface area contributed by atoms with Gasteiger partial charge < -0.3 is 15.0 Å². The number of morpholine rings is 1. The fourth-order valence-electron chi connectivity index (χ4n) is 2.90. The van der Waals surface area contributed by atoms with Crippen LogP contribution in [0.4, 0.5) is 10.1 Å². The second-order valence-electron chi connectivity index (χ2n) is 6.08. The molecule has 1 aromatic heterocycles. The summed E-state index contributed by atoms with van der Waals surface area (Å²) >= 11 is 0. The zero-order chi connectivity index (χ0) is 15.7. The monoisotopic (exact) mass is 303 g/mol. The highest BCUT2D eigenvalue weighted by atomic mass is 19.1. The number of anilines is 1. The Bertz CT molecular complexity index is 676. The molecule has 2 heterocycles. The lowest BCUT2D eigenvalue weighted by Crippen LogP contribution is -2.47.